The number of thiocarbonyl (C=S) groups is 1. The van der Waals surface area contributed by atoms with Crippen molar-refractivity contribution < 1.29 is 5.11 Å². The minimum atomic E-state index is 0.0888. The first-order valence-corrected chi connectivity index (χ1v) is 3.03. The molecule has 9 heavy (non-hydrogen) atoms. The van der Waals surface area contributed by atoms with Gasteiger partial charge in [-0.3, -0.25) is 5.43 Å². The van der Waals surface area contributed by atoms with Crippen molar-refractivity contribution in [2.24, 2.45) is 0 Å². The summed E-state index contributed by atoms with van der Waals surface area (Å²) in [6.07, 6.45) is 0. The van der Waals surface area contributed by atoms with Crippen LogP contribution in [0.2, 0.25) is 0 Å². The Kier molecular flexibility index (Phi) is 5.49. The van der Waals surface area contributed by atoms with Gasteiger partial charge in [0.15, 0.2) is 5.11 Å². The van der Waals surface area contributed by atoms with Gasteiger partial charge in [0.2, 0.25) is 0 Å². The quantitative estimate of drug-likeness (QED) is 0.293. The van der Waals surface area contributed by atoms with Crippen LogP contribution in [0.25, 0.3) is 0 Å². The molecule has 0 bridgehead atoms. The molecular weight excluding hydrogens is 138 g/mol. The van der Waals surface area contributed by atoms with Crippen molar-refractivity contribution in [3.63, 3.8) is 0 Å². The molecule has 0 rings (SSSR count). The van der Waals surface area contributed by atoms with Gasteiger partial charge in [0.25, 0.3) is 0 Å². The molecule has 0 aliphatic heterocycles. The van der Waals surface area contributed by atoms with E-state index < -0.39 is 0 Å². The molecule has 0 heterocycles. The average Bonchev–Trinajstić information content (AvgIpc) is 1.85. The summed E-state index contributed by atoms with van der Waals surface area (Å²) in [7, 11) is 1.72. The molecule has 0 unspecified atom stereocenters. The zero-order valence-corrected chi connectivity index (χ0v) is 6.09. The molecule has 54 valence electrons. The highest BCUT2D eigenvalue weighted by atomic mass is 32.1. The number of nitrogens with one attached hydrogen (secondary N) is 3. The van der Waals surface area contributed by atoms with E-state index in [0.717, 1.165) is 0 Å². The third kappa shape index (κ3) is 5.48. The second-order valence-electron chi connectivity index (χ2n) is 1.35. The average molecular weight is 149 g/mol. The van der Waals surface area contributed by atoms with Gasteiger partial charge in [0.1, 0.15) is 0 Å². The molecule has 5 heteroatoms. The van der Waals surface area contributed by atoms with E-state index in [9.17, 15) is 0 Å². The molecule has 0 atom stereocenters. The van der Waals surface area contributed by atoms with Gasteiger partial charge in [-0.25, -0.2) is 5.43 Å². The van der Waals surface area contributed by atoms with E-state index in [0.29, 0.717) is 11.7 Å². The molecular formula is C4H11N3OS. The summed E-state index contributed by atoms with van der Waals surface area (Å²) in [6.45, 7) is 0.568. The number of aliphatic hydroxyl groups excluding tert-OH is 1. The lowest BCUT2D eigenvalue weighted by Crippen LogP contribution is -2.42. The van der Waals surface area contributed by atoms with Crippen LogP contribution in [-0.2, 0) is 0 Å². The Hall–Kier alpha value is -0.390. The Morgan fingerprint density at radius 1 is 1.67 bits per heavy atom. The molecule has 4 N–H and O–H groups in total. The van der Waals surface area contributed by atoms with Crippen molar-refractivity contribution in [1.82, 2.24) is 16.2 Å². The third-order valence-electron chi connectivity index (χ3n) is 0.636. The summed E-state index contributed by atoms with van der Waals surface area (Å²) in [5.41, 5.74) is 5.28. The van der Waals surface area contributed by atoms with Crippen molar-refractivity contribution in [2.75, 3.05) is 20.2 Å². The number of hydrogen-bond acceptors (Lipinski definition) is 3. The summed E-state index contributed by atoms with van der Waals surface area (Å²) in [4.78, 5) is 0. The second-order valence-corrected chi connectivity index (χ2v) is 1.76. The predicted molar refractivity (Wildman–Crippen MR) is 39.9 cm³/mol. The lowest BCUT2D eigenvalue weighted by Gasteiger charge is -2.06. The van der Waals surface area contributed by atoms with Crippen molar-refractivity contribution in [1.29, 1.82) is 0 Å². The SMILES string of the molecule is CNNC(=S)NCCO. The van der Waals surface area contributed by atoms with Crippen LogP contribution >= 0.6 is 12.2 Å². The first kappa shape index (κ1) is 8.61. The molecule has 4 nitrogen and oxygen atoms in total. The lowest BCUT2D eigenvalue weighted by atomic mass is 10.7. The number of hydrogen-bond donors (Lipinski definition) is 4. The molecule has 0 aromatic carbocycles. The summed E-state index contributed by atoms with van der Waals surface area (Å²) < 4.78 is 0. The van der Waals surface area contributed by atoms with E-state index in [4.69, 9.17) is 17.3 Å². The Labute approximate surface area is 59.6 Å². The van der Waals surface area contributed by atoms with E-state index in [-0.39, 0.29) is 6.61 Å². The Bertz CT molecular complexity index is 87.9. The lowest BCUT2D eigenvalue weighted by molar-refractivity contribution is 0.300. The molecule has 0 radical (unpaired) electrons. The highest BCUT2D eigenvalue weighted by molar-refractivity contribution is 7.80. The normalized spacial score (nSPS) is 8.67. The topological polar surface area (TPSA) is 56.3 Å². The van der Waals surface area contributed by atoms with E-state index in [1.165, 1.54) is 0 Å². The molecule has 0 spiro atoms. The van der Waals surface area contributed by atoms with Crippen LogP contribution in [0.15, 0.2) is 0 Å². The van der Waals surface area contributed by atoms with Crippen molar-refractivity contribution >= 4 is 17.3 Å². The van der Waals surface area contributed by atoms with Gasteiger partial charge < -0.3 is 10.4 Å². The zero-order chi connectivity index (χ0) is 7.11. The predicted octanol–water partition coefficient (Wildman–Crippen LogP) is -1.42. The summed E-state index contributed by atoms with van der Waals surface area (Å²) in [5, 5.41) is 11.5. The van der Waals surface area contributed by atoms with Gasteiger partial charge in [-0.15, -0.1) is 0 Å². The minimum absolute atomic E-state index is 0.0888. The first-order chi connectivity index (χ1) is 4.31. The van der Waals surface area contributed by atoms with E-state index >= 15 is 0 Å². The fourth-order valence-electron chi connectivity index (χ4n) is 0.327. The van der Waals surface area contributed by atoms with Crippen LogP contribution in [0.3, 0.4) is 0 Å². The highest BCUT2D eigenvalue weighted by Gasteiger charge is 1.87. The molecule has 0 amide bonds. The van der Waals surface area contributed by atoms with Gasteiger partial charge in [0, 0.05) is 13.6 Å². The third-order valence-corrected chi connectivity index (χ3v) is 0.882. The molecule has 0 aliphatic carbocycles. The summed E-state index contributed by atoms with van der Waals surface area (Å²) >= 11 is 4.72. The maximum absolute atomic E-state index is 8.31. The Balaban J connectivity index is 3.06. The van der Waals surface area contributed by atoms with E-state index in [2.05, 4.69) is 16.2 Å². The smallest absolute Gasteiger partial charge is 0.180 e. The Morgan fingerprint density at radius 2 is 2.33 bits per heavy atom. The van der Waals surface area contributed by atoms with Gasteiger partial charge >= 0.3 is 0 Å². The number of aliphatic hydroxyl groups is 1. The van der Waals surface area contributed by atoms with Gasteiger partial charge in [0.05, 0.1) is 6.61 Å². The zero-order valence-electron chi connectivity index (χ0n) is 5.27. The standard InChI is InChI=1S/C4H11N3OS/c1-5-7-4(9)6-2-3-8/h5,8H,2-3H2,1H3,(H2,6,7,9). The van der Waals surface area contributed by atoms with E-state index in [1.807, 2.05) is 0 Å². The Morgan fingerprint density at radius 3 is 2.78 bits per heavy atom. The number of hydrazine groups is 1. The fourth-order valence-corrected chi connectivity index (χ4v) is 0.531. The molecule has 0 saturated carbocycles. The molecule has 0 saturated heterocycles. The van der Waals surface area contributed by atoms with Crippen LogP contribution in [0.1, 0.15) is 0 Å². The van der Waals surface area contributed by atoms with Crippen molar-refractivity contribution in [3.05, 3.63) is 0 Å². The summed E-state index contributed by atoms with van der Waals surface area (Å²) in [5.74, 6) is 0. The van der Waals surface area contributed by atoms with Crippen molar-refractivity contribution in [3.8, 4) is 0 Å². The van der Waals surface area contributed by atoms with Crippen LogP contribution in [-0.4, -0.2) is 30.4 Å². The maximum Gasteiger partial charge on any atom is 0.180 e. The highest BCUT2D eigenvalue weighted by Crippen LogP contribution is 1.60. The largest absolute Gasteiger partial charge is 0.395 e. The van der Waals surface area contributed by atoms with Crippen LogP contribution < -0.4 is 16.2 Å². The molecule has 0 aromatic heterocycles. The monoisotopic (exact) mass is 149 g/mol. The van der Waals surface area contributed by atoms with Gasteiger partial charge in [-0.1, -0.05) is 0 Å². The van der Waals surface area contributed by atoms with Gasteiger partial charge in [-0.05, 0) is 12.2 Å². The van der Waals surface area contributed by atoms with E-state index in [1.54, 1.807) is 7.05 Å². The van der Waals surface area contributed by atoms with Crippen molar-refractivity contribution in [2.45, 2.75) is 0 Å². The second kappa shape index (κ2) is 5.74. The van der Waals surface area contributed by atoms with Crippen LogP contribution in [0, 0.1) is 0 Å². The fraction of sp³-hybridized carbons (Fsp3) is 0.750. The van der Waals surface area contributed by atoms with Crippen LogP contribution in [0.5, 0.6) is 0 Å². The summed E-state index contributed by atoms with van der Waals surface area (Å²) in [6, 6.07) is 0. The minimum Gasteiger partial charge on any atom is -0.395 e. The molecule has 0 aromatic rings. The van der Waals surface area contributed by atoms with Gasteiger partial charge in [-0.2, -0.15) is 0 Å². The molecule has 0 aliphatic rings. The maximum atomic E-state index is 8.31. The van der Waals surface area contributed by atoms with Crippen LogP contribution in [0.4, 0.5) is 0 Å². The molecule has 0 fully saturated rings. The number of rotatable bonds is 3. The first-order valence-electron chi connectivity index (χ1n) is 2.62.